The molecule has 1 fully saturated rings. The van der Waals surface area contributed by atoms with Crippen LogP contribution in [0, 0.1) is 0 Å². The summed E-state index contributed by atoms with van der Waals surface area (Å²) in [5.41, 5.74) is 0. The van der Waals surface area contributed by atoms with Gasteiger partial charge in [-0.2, -0.15) is 0 Å². The van der Waals surface area contributed by atoms with Crippen molar-refractivity contribution in [1.82, 2.24) is 0 Å². The zero-order chi connectivity index (χ0) is 21.9. The van der Waals surface area contributed by atoms with E-state index < -0.39 is 31.0 Å². The number of aliphatic hydroxyl groups excluding tert-OH is 3. The quantitative estimate of drug-likeness (QED) is 0.190. The summed E-state index contributed by atoms with van der Waals surface area (Å²) in [5.74, 6) is 0. The first-order valence-corrected chi connectivity index (χ1v) is 12.6. The Hall–Kier alpha value is -0.460. The maximum atomic E-state index is 10.1. The van der Waals surface area contributed by atoms with Crippen LogP contribution in [0.1, 0.15) is 103 Å². The highest BCUT2D eigenvalue weighted by Crippen LogP contribution is 2.20. The van der Waals surface area contributed by atoms with Gasteiger partial charge in [0, 0.05) is 6.61 Å². The van der Waals surface area contributed by atoms with Crippen molar-refractivity contribution < 1.29 is 24.8 Å². The van der Waals surface area contributed by atoms with Crippen LogP contribution in [0.5, 0.6) is 0 Å². The SMILES string of the molecule is CCCCCCCCC/C=C/CCCCCCCCO[C@@H]1CO[C@@H]([C@@H](O)CO)[C@H]1O. The highest BCUT2D eigenvalue weighted by Gasteiger charge is 2.40. The number of allylic oxidation sites excluding steroid dienone is 2. The molecule has 30 heavy (non-hydrogen) atoms. The Morgan fingerprint density at radius 1 is 0.867 bits per heavy atom. The van der Waals surface area contributed by atoms with Crippen LogP contribution in [0.3, 0.4) is 0 Å². The van der Waals surface area contributed by atoms with E-state index in [1.165, 1.54) is 83.5 Å². The Bertz CT molecular complexity index is 401. The third-order valence-electron chi connectivity index (χ3n) is 5.97. The normalized spacial score (nSPS) is 22.9. The minimum absolute atomic E-state index is 0.273. The molecule has 5 heteroatoms. The Balaban J connectivity index is 1.82. The van der Waals surface area contributed by atoms with Crippen molar-refractivity contribution in [3.63, 3.8) is 0 Å². The summed E-state index contributed by atoms with van der Waals surface area (Å²) in [6.45, 7) is 2.73. The molecule has 1 aliphatic rings. The van der Waals surface area contributed by atoms with E-state index in [1.807, 2.05) is 0 Å². The fourth-order valence-corrected chi connectivity index (χ4v) is 3.97. The second-order valence-corrected chi connectivity index (χ2v) is 8.74. The zero-order valence-electron chi connectivity index (χ0n) is 19.4. The fraction of sp³-hybridized carbons (Fsp3) is 0.920. The maximum Gasteiger partial charge on any atom is 0.114 e. The number of unbranched alkanes of at least 4 members (excludes halogenated alkanes) is 13. The molecule has 3 N–H and O–H groups in total. The smallest absolute Gasteiger partial charge is 0.114 e. The highest BCUT2D eigenvalue weighted by molar-refractivity contribution is 4.88. The average molecular weight is 429 g/mol. The largest absolute Gasteiger partial charge is 0.394 e. The standard InChI is InChI=1S/C25H48O5/c1-2-3-4-5-6-7-8-9-10-11-12-13-14-15-16-17-18-19-29-23-21-30-25(24(23)28)22(27)20-26/h10-11,22-28H,2-9,12-21H2,1H3/b11-10+/t22-,23+,24-,25-/m0/s1. The van der Waals surface area contributed by atoms with Crippen LogP contribution in [0.25, 0.3) is 0 Å². The topological polar surface area (TPSA) is 79.2 Å². The van der Waals surface area contributed by atoms with Crippen LogP contribution in [0.4, 0.5) is 0 Å². The van der Waals surface area contributed by atoms with E-state index in [0.29, 0.717) is 6.61 Å². The predicted octanol–water partition coefficient (Wildman–Crippen LogP) is 4.91. The van der Waals surface area contributed by atoms with Gasteiger partial charge in [-0.25, -0.2) is 0 Å². The molecule has 1 rings (SSSR count). The predicted molar refractivity (Wildman–Crippen MR) is 123 cm³/mol. The summed E-state index contributed by atoms with van der Waals surface area (Å²) in [7, 11) is 0. The van der Waals surface area contributed by atoms with Crippen molar-refractivity contribution in [2.45, 2.75) is 128 Å². The number of rotatable bonds is 20. The molecule has 0 bridgehead atoms. The van der Waals surface area contributed by atoms with Crippen molar-refractivity contribution in [2.75, 3.05) is 19.8 Å². The summed E-state index contributed by atoms with van der Waals surface area (Å²) < 4.78 is 11.0. The summed E-state index contributed by atoms with van der Waals surface area (Å²) in [6, 6.07) is 0. The summed E-state index contributed by atoms with van der Waals surface area (Å²) >= 11 is 0. The highest BCUT2D eigenvalue weighted by atomic mass is 16.6. The lowest BCUT2D eigenvalue weighted by molar-refractivity contribution is -0.0730. The van der Waals surface area contributed by atoms with Gasteiger partial charge in [-0.1, -0.05) is 83.3 Å². The zero-order valence-corrected chi connectivity index (χ0v) is 19.4. The van der Waals surface area contributed by atoms with Crippen LogP contribution in [-0.2, 0) is 9.47 Å². The van der Waals surface area contributed by atoms with Crippen LogP contribution < -0.4 is 0 Å². The van der Waals surface area contributed by atoms with Crippen LogP contribution >= 0.6 is 0 Å². The minimum atomic E-state index is -1.05. The fourth-order valence-electron chi connectivity index (χ4n) is 3.97. The van der Waals surface area contributed by atoms with Crippen molar-refractivity contribution in [2.24, 2.45) is 0 Å². The van der Waals surface area contributed by atoms with Gasteiger partial charge < -0.3 is 24.8 Å². The molecule has 0 aliphatic carbocycles. The molecule has 0 amide bonds. The van der Waals surface area contributed by atoms with Gasteiger partial charge in [0.15, 0.2) is 0 Å². The van der Waals surface area contributed by atoms with Gasteiger partial charge in [-0.15, -0.1) is 0 Å². The number of aliphatic hydroxyl groups is 3. The molecular weight excluding hydrogens is 380 g/mol. The molecular formula is C25H48O5. The van der Waals surface area contributed by atoms with Gasteiger partial charge in [0.2, 0.25) is 0 Å². The molecule has 5 nitrogen and oxygen atoms in total. The first-order valence-electron chi connectivity index (χ1n) is 12.6. The van der Waals surface area contributed by atoms with Gasteiger partial charge in [0.05, 0.1) is 13.2 Å². The van der Waals surface area contributed by atoms with Crippen molar-refractivity contribution in [3.05, 3.63) is 12.2 Å². The number of hydrogen-bond acceptors (Lipinski definition) is 5. The lowest BCUT2D eigenvalue weighted by Gasteiger charge is -2.20. The van der Waals surface area contributed by atoms with Crippen LogP contribution in [0.2, 0.25) is 0 Å². The van der Waals surface area contributed by atoms with E-state index in [1.54, 1.807) is 0 Å². The molecule has 4 atom stereocenters. The first kappa shape index (κ1) is 27.6. The second kappa shape index (κ2) is 19.2. The van der Waals surface area contributed by atoms with E-state index in [0.717, 1.165) is 12.8 Å². The molecule has 0 saturated carbocycles. The molecule has 1 aliphatic heterocycles. The van der Waals surface area contributed by atoms with Crippen LogP contribution in [0.15, 0.2) is 12.2 Å². The molecule has 1 heterocycles. The molecule has 0 aromatic carbocycles. The summed E-state index contributed by atoms with van der Waals surface area (Å²) in [6.07, 6.45) is 21.0. The Morgan fingerprint density at radius 2 is 1.40 bits per heavy atom. The van der Waals surface area contributed by atoms with Gasteiger partial charge in [-0.3, -0.25) is 0 Å². The molecule has 0 unspecified atom stereocenters. The molecule has 0 spiro atoms. The third kappa shape index (κ3) is 13.1. The van der Waals surface area contributed by atoms with E-state index >= 15 is 0 Å². The van der Waals surface area contributed by atoms with Gasteiger partial charge in [-0.05, 0) is 32.1 Å². The van der Waals surface area contributed by atoms with Crippen LogP contribution in [-0.4, -0.2) is 59.6 Å². The third-order valence-corrected chi connectivity index (χ3v) is 5.97. The molecule has 1 saturated heterocycles. The summed E-state index contributed by atoms with van der Waals surface area (Å²) in [5, 5.41) is 28.6. The lowest BCUT2D eigenvalue weighted by Crippen LogP contribution is -2.41. The molecule has 0 aromatic heterocycles. The van der Waals surface area contributed by atoms with E-state index in [4.69, 9.17) is 14.6 Å². The van der Waals surface area contributed by atoms with Crippen molar-refractivity contribution >= 4 is 0 Å². The Morgan fingerprint density at radius 3 is 1.97 bits per heavy atom. The van der Waals surface area contributed by atoms with E-state index in [9.17, 15) is 10.2 Å². The lowest BCUT2D eigenvalue weighted by atomic mass is 10.1. The Kier molecular flexibility index (Phi) is 17.7. The van der Waals surface area contributed by atoms with Gasteiger partial charge in [0.1, 0.15) is 24.4 Å². The van der Waals surface area contributed by atoms with E-state index in [2.05, 4.69) is 19.1 Å². The monoisotopic (exact) mass is 428 g/mol. The molecule has 178 valence electrons. The first-order chi connectivity index (χ1) is 14.7. The van der Waals surface area contributed by atoms with Gasteiger partial charge >= 0.3 is 0 Å². The molecule has 0 aromatic rings. The summed E-state index contributed by atoms with van der Waals surface area (Å²) in [4.78, 5) is 0. The van der Waals surface area contributed by atoms with E-state index in [-0.39, 0.29) is 6.61 Å². The van der Waals surface area contributed by atoms with Crippen molar-refractivity contribution in [3.8, 4) is 0 Å². The number of hydrogen-bond donors (Lipinski definition) is 3. The second-order valence-electron chi connectivity index (χ2n) is 8.74. The average Bonchev–Trinajstić information content (AvgIpc) is 3.12. The molecule has 0 radical (unpaired) electrons. The maximum absolute atomic E-state index is 10.1. The Labute approximate surface area is 184 Å². The minimum Gasteiger partial charge on any atom is -0.394 e. The van der Waals surface area contributed by atoms with Gasteiger partial charge in [0.25, 0.3) is 0 Å². The number of ether oxygens (including phenoxy) is 2. The van der Waals surface area contributed by atoms with Crippen molar-refractivity contribution in [1.29, 1.82) is 0 Å².